The SMILES string of the molecule is CCC(=O)N1CC[C@@H](OS(C)(=O)=O)C1. The molecule has 0 aromatic heterocycles. The van der Waals surface area contributed by atoms with E-state index in [1.54, 1.807) is 11.8 Å². The van der Waals surface area contributed by atoms with Gasteiger partial charge in [0.05, 0.1) is 12.4 Å². The Morgan fingerprint density at radius 1 is 1.57 bits per heavy atom. The number of hydrogen-bond acceptors (Lipinski definition) is 4. The van der Waals surface area contributed by atoms with E-state index in [2.05, 4.69) is 0 Å². The normalized spacial score (nSPS) is 22.7. The Morgan fingerprint density at radius 3 is 2.71 bits per heavy atom. The standard InChI is InChI=1S/C8H15NO4S/c1-3-8(10)9-5-4-7(6-9)13-14(2,11)12/h7H,3-6H2,1-2H3/t7-/m1/s1. The molecule has 1 aliphatic rings. The minimum atomic E-state index is -3.40. The van der Waals surface area contributed by atoms with Crippen molar-refractivity contribution >= 4 is 16.0 Å². The van der Waals surface area contributed by atoms with Crippen LogP contribution in [-0.4, -0.2) is 44.7 Å². The first-order valence-corrected chi connectivity index (χ1v) is 6.40. The highest BCUT2D eigenvalue weighted by atomic mass is 32.2. The minimum Gasteiger partial charge on any atom is -0.340 e. The van der Waals surface area contributed by atoms with Gasteiger partial charge in [-0.2, -0.15) is 8.42 Å². The van der Waals surface area contributed by atoms with E-state index < -0.39 is 10.1 Å². The van der Waals surface area contributed by atoms with Crippen LogP contribution in [0.15, 0.2) is 0 Å². The highest BCUT2D eigenvalue weighted by Crippen LogP contribution is 2.15. The first kappa shape index (κ1) is 11.5. The van der Waals surface area contributed by atoms with Crippen LogP contribution in [0.4, 0.5) is 0 Å². The Kier molecular flexibility index (Phi) is 3.49. The van der Waals surface area contributed by atoms with Gasteiger partial charge < -0.3 is 4.90 Å². The van der Waals surface area contributed by atoms with E-state index >= 15 is 0 Å². The number of carbonyl (C=O) groups is 1. The van der Waals surface area contributed by atoms with Gasteiger partial charge in [0.15, 0.2) is 0 Å². The summed E-state index contributed by atoms with van der Waals surface area (Å²) in [4.78, 5) is 12.9. The van der Waals surface area contributed by atoms with Gasteiger partial charge in [-0.15, -0.1) is 0 Å². The highest BCUT2D eigenvalue weighted by molar-refractivity contribution is 7.86. The van der Waals surface area contributed by atoms with Crippen LogP contribution in [0.3, 0.4) is 0 Å². The molecule has 1 fully saturated rings. The first-order valence-electron chi connectivity index (χ1n) is 4.58. The largest absolute Gasteiger partial charge is 0.340 e. The first-order chi connectivity index (χ1) is 6.42. The van der Waals surface area contributed by atoms with Gasteiger partial charge in [-0.25, -0.2) is 0 Å². The molecule has 0 unspecified atom stereocenters. The molecule has 0 radical (unpaired) electrons. The van der Waals surface area contributed by atoms with Crippen LogP contribution in [-0.2, 0) is 19.1 Å². The van der Waals surface area contributed by atoms with Crippen molar-refractivity contribution in [3.63, 3.8) is 0 Å². The zero-order chi connectivity index (χ0) is 10.8. The van der Waals surface area contributed by atoms with E-state index in [1.165, 1.54) is 0 Å². The lowest BCUT2D eigenvalue weighted by Gasteiger charge is -2.14. The summed E-state index contributed by atoms with van der Waals surface area (Å²) in [5.74, 6) is 0.0459. The number of carbonyl (C=O) groups excluding carboxylic acids is 1. The Hall–Kier alpha value is -0.620. The van der Waals surface area contributed by atoms with Crippen LogP contribution in [0.1, 0.15) is 19.8 Å². The molecule has 1 atom stereocenters. The molecule has 0 spiro atoms. The van der Waals surface area contributed by atoms with Gasteiger partial charge in [-0.05, 0) is 6.42 Å². The molecule has 1 rings (SSSR count). The summed E-state index contributed by atoms with van der Waals surface area (Å²) in [6, 6.07) is 0. The summed E-state index contributed by atoms with van der Waals surface area (Å²) in [6.45, 7) is 2.76. The van der Waals surface area contributed by atoms with Crippen molar-refractivity contribution in [2.45, 2.75) is 25.9 Å². The third kappa shape index (κ3) is 3.26. The van der Waals surface area contributed by atoms with Crippen molar-refractivity contribution in [1.82, 2.24) is 4.90 Å². The van der Waals surface area contributed by atoms with Gasteiger partial charge in [-0.1, -0.05) is 6.92 Å². The predicted molar refractivity (Wildman–Crippen MR) is 51.2 cm³/mol. The van der Waals surface area contributed by atoms with Crippen molar-refractivity contribution < 1.29 is 17.4 Å². The van der Waals surface area contributed by atoms with E-state index in [0.717, 1.165) is 6.26 Å². The molecular formula is C8H15NO4S. The molecule has 5 nitrogen and oxygen atoms in total. The van der Waals surface area contributed by atoms with Crippen molar-refractivity contribution in [3.8, 4) is 0 Å². The molecule has 0 aromatic carbocycles. The predicted octanol–water partition coefficient (Wildman–Crippen LogP) is -0.0265. The van der Waals surface area contributed by atoms with Gasteiger partial charge in [0.2, 0.25) is 5.91 Å². The number of rotatable bonds is 3. The molecule has 1 amide bonds. The lowest BCUT2D eigenvalue weighted by atomic mass is 10.3. The fourth-order valence-electron chi connectivity index (χ4n) is 1.50. The Bertz CT molecular complexity index is 311. The summed E-state index contributed by atoms with van der Waals surface area (Å²) in [7, 11) is -3.40. The lowest BCUT2D eigenvalue weighted by Crippen LogP contribution is -2.29. The van der Waals surface area contributed by atoms with Crippen molar-refractivity contribution in [2.75, 3.05) is 19.3 Å². The average molecular weight is 221 g/mol. The summed E-state index contributed by atoms with van der Waals surface area (Å²) < 4.78 is 26.4. The second-order valence-corrected chi connectivity index (χ2v) is 5.01. The van der Waals surface area contributed by atoms with Crippen molar-refractivity contribution in [2.24, 2.45) is 0 Å². The topological polar surface area (TPSA) is 63.7 Å². The zero-order valence-electron chi connectivity index (χ0n) is 8.39. The maximum Gasteiger partial charge on any atom is 0.264 e. The third-order valence-electron chi connectivity index (χ3n) is 2.11. The van der Waals surface area contributed by atoms with Gasteiger partial charge in [0.25, 0.3) is 10.1 Å². The monoisotopic (exact) mass is 221 g/mol. The van der Waals surface area contributed by atoms with Gasteiger partial charge in [0, 0.05) is 19.5 Å². The third-order valence-corrected chi connectivity index (χ3v) is 2.73. The average Bonchev–Trinajstić information content (AvgIpc) is 2.48. The van der Waals surface area contributed by atoms with Crippen molar-refractivity contribution in [1.29, 1.82) is 0 Å². The fraction of sp³-hybridized carbons (Fsp3) is 0.875. The fourth-order valence-corrected chi connectivity index (χ4v) is 2.16. The van der Waals surface area contributed by atoms with Crippen molar-refractivity contribution in [3.05, 3.63) is 0 Å². The Balaban J connectivity index is 2.46. The number of hydrogen-bond donors (Lipinski definition) is 0. The van der Waals surface area contributed by atoms with E-state index in [0.29, 0.717) is 25.9 Å². The van der Waals surface area contributed by atoms with E-state index in [4.69, 9.17) is 4.18 Å². The maximum atomic E-state index is 11.2. The summed E-state index contributed by atoms with van der Waals surface area (Å²) in [5, 5.41) is 0. The molecule has 0 aromatic rings. The van der Waals surface area contributed by atoms with Crippen LogP contribution in [0.2, 0.25) is 0 Å². The van der Waals surface area contributed by atoms with Crippen LogP contribution in [0, 0.1) is 0 Å². The molecule has 0 N–H and O–H groups in total. The second-order valence-electron chi connectivity index (χ2n) is 3.40. The van der Waals surface area contributed by atoms with Crippen LogP contribution in [0.25, 0.3) is 0 Å². The second kappa shape index (κ2) is 4.27. The molecule has 0 bridgehead atoms. The van der Waals surface area contributed by atoms with E-state index in [1.807, 2.05) is 0 Å². The number of nitrogens with zero attached hydrogens (tertiary/aromatic N) is 1. The molecule has 0 saturated carbocycles. The molecule has 0 aliphatic carbocycles. The van der Waals surface area contributed by atoms with Gasteiger partial charge in [-0.3, -0.25) is 8.98 Å². The number of amides is 1. The summed E-state index contributed by atoms with van der Waals surface area (Å²) in [6.07, 6.45) is 1.71. The van der Waals surface area contributed by atoms with Gasteiger partial charge >= 0.3 is 0 Å². The maximum absolute atomic E-state index is 11.2. The Labute approximate surface area is 84.2 Å². The quantitative estimate of drug-likeness (QED) is 0.628. The molecule has 1 saturated heterocycles. The smallest absolute Gasteiger partial charge is 0.264 e. The minimum absolute atomic E-state index is 0.0459. The molecular weight excluding hydrogens is 206 g/mol. The summed E-state index contributed by atoms with van der Waals surface area (Å²) in [5.41, 5.74) is 0. The lowest BCUT2D eigenvalue weighted by molar-refractivity contribution is -0.130. The van der Waals surface area contributed by atoms with Crippen LogP contribution in [0.5, 0.6) is 0 Å². The van der Waals surface area contributed by atoms with Gasteiger partial charge in [0.1, 0.15) is 0 Å². The Morgan fingerprint density at radius 2 is 2.21 bits per heavy atom. The van der Waals surface area contributed by atoms with Crippen LogP contribution < -0.4 is 0 Å². The number of likely N-dealkylation sites (tertiary alicyclic amines) is 1. The summed E-state index contributed by atoms with van der Waals surface area (Å²) >= 11 is 0. The van der Waals surface area contributed by atoms with E-state index in [-0.39, 0.29) is 12.0 Å². The molecule has 82 valence electrons. The van der Waals surface area contributed by atoms with Crippen LogP contribution >= 0.6 is 0 Å². The molecule has 1 aliphatic heterocycles. The highest BCUT2D eigenvalue weighted by Gasteiger charge is 2.28. The zero-order valence-corrected chi connectivity index (χ0v) is 9.21. The van der Waals surface area contributed by atoms with E-state index in [9.17, 15) is 13.2 Å². The molecule has 14 heavy (non-hydrogen) atoms. The molecule has 6 heteroatoms. The molecule has 1 heterocycles.